The van der Waals surface area contributed by atoms with Gasteiger partial charge in [0.05, 0.1) is 7.11 Å². The van der Waals surface area contributed by atoms with Crippen LogP contribution in [-0.4, -0.2) is 7.11 Å². The summed E-state index contributed by atoms with van der Waals surface area (Å²) in [4.78, 5) is 0. The van der Waals surface area contributed by atoms with E-state index >= 15 is 0 Å². The number of benzene rings is 2. The van der Waals surface area contributed by atoms with E-state index < -0.39 is 6.43 Å². The first kappa shape index (κ1) is 15.4. The Morgan fingerprint density at radius 2 is 1.86 bits per heavy atom. The van der Waals surface area contributed by atoms with E-state index in [0.29, 0.717) is 6.54 Å². The molecule has 1 unspecified atom stereocenters. The van der Waals surface area contributed by atoms with Gasteiger partial charge in [-0.2, -0.15) is 0 Å². The van der Waals surface area contributed by atoms with Gasteiger partial charge in [-0.15, -0.1) is 0 Å². The minimum absolute atomic E-state index is 0.0549. The molecule has 1 atom stereocenters. The highest BCUT2D eigenvalue weighted by Gasteiger charge is 2.11. The lowest BCUT2D eigenvalue weighted by Gasteiger charge is -2.17. The van der Waals surface area contributed by atoms with Gasteiger partial charge in [0, 0.05) is 23.7 Å². The Morgan fingerprint density at radius 1 is 1.10 bits per heavy atom. The SMILES string of the molecule is COc1ccccc1C(C)NCc1cccc(C(F)F)c1. The maximum absolute atomic E-state index is 12.7. The number of nitrogens with one attached hydrogen (secondary N) is 1. The Bertz CT molecular complexity index is 587. The van der Waals surface area contributed by atoms with Crippen LogP contribution < -0.4 is 10.1 Å². The average Bonchev–Trinajstić information content (AvgIpc) is 2.52. The summed E-state index contributed by atoms with van der Waals surface area (Å²) in [5.74, 6) is 0.818. The van der Waals surface area contributed by atoms with Crippen LogP contribution in [0.3, 0.4) is 0 Å². The van der Waals surface area contributed by atoms with Crippen molar-refractivity contribution in [2.24, 2.45) is 0 Å². The van der Waals surface area contributed by atoms with E-state index in [9.17, 15) is 8.78 Å². The quantitative estimate of drug-likeness (QED) is 0.847. The Hall–Kier alpha value is -1.94. The summed E-state index contributed by atoms with van der Waals surface area (Å²) in [7, 11) is 1.64. The van der Waals surface area contributed by atoms with E-state index in [2.05, 4.69) is 5.32 Å². The van der Waals surface area contributed by atoms with Crippen molar-refractivity contribution in [3.8, 4) is 5.75 Å². The van der Waals surface area contributed by atoms with Crippen molar-refractivity contribution < 1.29 is 13.5 Å². The molecule has 0 radical (unpaired) electrons. The smallest absolute Gasteiger partial charge is 0.263 e. The summed E-state index contributed by atoms with van der Waals surface area (Å²) >= 11 is 0. The molecule has 4 heteroatoms. The van der Waals surface area contributed by atoms with Crippen LogP contribution in [0.2, 0.25) is 0 Å². The maximum Gasteiger partial charge on any atom is 0.263 e. The lowest BCUT2D eigenvalue weighted by molar-refractivity contribution is 0.151. The lowest BCUT2D eigenvalue weighted by Crippen LogP contribution is -2.18. The zero-order valence-electron chi connectivity index (χ0n) is 12.1. The van der Waals surface area contributed by atoms with Crippen LogP contribution in [0, 0.1) is 0 Å². The van der Waals surface area contributed by atoms with E-state index in [1.54, 1.807) is 13.2 Å². The van der Waals surface area contributed by atoms with Gasteiger partial charge in [0.2, 0.25) is 0 Å². The van der Waals surface area contributed by atoms with Gasteiger partial charge in [0.25, 0.3) is 6.43 Å². The van der Waals surface area contributed by atoms with Gasteiger partial charge in [0.15, 0.2) is 0 Å². The zero-order chi connectivity index (χ0) is 15.2. The minimum atomic E-state index is -2.43. The lowest BCUT2D eigenvalue weighted by atomic mass is 10.1. The molecule has 21 heavy (non-hydrogen) atoms. The molecule has 0 aromatic heterocycles. The highest BCUT2D eigenvalue weighted by molar-refractivity contribution is 5.35. The summed E-state index contributed by atoms with van der Waals surface area (Å²) in [6, 6.07) is 14.3. The van der Waals surface area contributed by atoms with Gasteiger partial charge in [-0.1, -0.05) is 36.4 Å². The normalized spacial score (nSPS) is 12.4. The maximum atomic E-state index is 12.7. The zero-order valence-corrected chi connectivity index (χ0v) is 12.1. The molecule has 0 saturated heterocycles. The van der Waals surface area contributed by atoms with E-state index in [4.69, 9.17) is 4.74 Å². The summed E-state index contributed by atoms with van der Waals surface area (Å²) < 4.78 is 30.7. The molecule has 2 aromatic carbocycles. The van der Waals surface area contributed by atoms with Crippen molar-refractivity contribution in [2.75, 3.05) is 7.11 Å². The number of para-hydroxylation sites is 1. The molecular formula is C17H19F2NO. The number of ether oxygens (including phenoxy) is 1. The molecule has 0 saturated carbocycles. The highest BCUT2D eigenvalue weighted by Crippen LogP contribution is 2.25. The summed E-state index contributed by atoms with van der Waals surface area (Å²) in [5.41, 5.74) is 1.94. The molecule has 0 aliphatic carbocycles. The predicted molar refractivity (Wildman–Crippen MR) is 79.6 cm³/mol. The second kappa shape index (κ2) is 7.18. The molecule has 0 spiro atoms. The number of rotatable bonds is 6. The standard InChI is InChI=1S/C17H19F2NO/c1-12(15-8-3-4-9-16(15)21-2)20-11-13-6-5-7-14(10-13)17(18)19/h3-10,12,17,20H,11H2,1-2H3. The Kier molecular flexibility index (Phi) is 5.28. The van der Waals surface area contributed by atoms with Gasteiger partial charge in [0.1, 0.15) is 5.75 Å². The fraction of sp³-hybridized carbons (Fsp3) is 0.294. The fourth-order valence-corrected chi connectivity index (χ4v) is 2.24. The number of alkyl halides is 2. The van der Waals surface area contributed by atoms with E-state index in [-0.39, 0.29) is 11.6 Å². The van der Waals surface area contributed by atoms with Crippen LogP contribution >= 0.6 is 0 Å². The number of hydrogen-bond acceptors (Lipinski definition) is 2. The molecule has 1 N–H and O–H groups in total. The third-order valence-electron chi connectivity index (χ3n) is 3.42. The van der Waals surface area contributed by atoms with Gasteiger partial charge >= 0.3 is 0 Å². The number of methoxy groups -OCH3 is 1. The van der Waals surface area contributed by atoms with Crippen LogP contribution in [0.4, 0.5) is 8.78 Å². The van der Waals surface area contributed by atoms with Crippen LogP contribution in [0.25, 0.3) is 0 Å². The fourth-order valence-electron chi connectivity index (χ4n) is 2.24. The summed E-state index contributed by atoms with van der Waals surface area (Å²) in [6.07, 6.45) is -2.43. The van der Waals surface area contributed by atoms with Crippen LogP contribution in [0.15, 0.2) is 48.5 Å². The molecule has 0 bridgehead atoms. The Balaban J connectivity index is 2.04. The molecule has 0 aliphatic heterocycles. The first-order chi connectivity index (χ1) is 10.1. The van der Waals surface area contributed by atoms with E-state index in [0.717, 1.165) is 16.9 Å². The van der Waals surface area contributed by atoms with Crippen LogP contribution in [0.5, 0.6) is 5.75 Å². The van der Waals surface area contributed by atoms with Crippen LogP contribution in [-0.2, 0) is 6.54 Å². The third kappa shape index (κ3) is 4.02. The van der Waals surface area contributed by atoms with E-state index in [1.807, 2.05) is 37.3 Å². The van der Waals surface area contributed by atoms with Crippen molar-refractivity contribution in [1.29, 1.82) is 0 Å². The van der Waals surface area contributed by atoms with Gasteiger partial charge in [-0.3, -0.25) is 0 Å². The van der Waals surface area contributed by atoms with Crippen molar-refractivity contribution in [3.05, 3.63) is 65.2 Å². The molecule has 2 aromatic rings. The Morgan fingerprint density at radius 3 is 2.57 bits per heavy atom. The first-order valence-electron chi connectivity index (χ1n) is 6.85. The molecule has 112 valence electrons. The van der Waals surface area contributed by atoms with Gasteiger partial charge in [-0.25, -0.2) is 8.78 Å². The molecule has 0 amide bonds. The number of hydrogen-bond donors (Lipinski definition) is 1. The van der Waals surface area contributed by atoms with Crippen molar-refractivity contribution in [2.45, 2.75) is 25.9 Å². The summed E-state index contributed by atoms with van der Waals surface area (Å²) in [6.45, 7) is 2.55. The molecule has 0 aliphatic rings. The molecule has 2 rings (SSSR count). The topological polar surface area (TPSA) is 21.3 Å². The molecule has 0 fully saturated rings. The first-order valence-corrected chi connectivity index (χ1v) is 6.85. The van der Waals surface area contributed by atoms with Crippen molar-refractivity contribution >= 4 is 0 Å². The van der Waals surface area contributed by atoms with Gasteiger partial charge < -0.3 is 10.1 Å². The van der Waals surface area contributed by atoms with Gasteiger partial charge in [-0.05, 0) is 24.6 Å². The minimum Gasteiger partial charge on any atom is -0.496 e. The van der Waals surface area contributed by atoms with Crippen molar-refractivity contribution in [3.63, 3.8) is 0 Å². The second-order valence-corrected chi connectivity index (χ2v) is 4.89. The number of halogens is 2. The van der Waals surface area contributed by atoms with Crippen molar-refractivity contribution in [1.82, 2.24) is 5.32 Å². The molecule has 2 nitrogen and oxygen atoms in total. The molecule has 0 heterocycles. The summed E-state index contributed by atoms with van der Waals surface area (Å²) in [5, 5.41) is 3.33. The second-order valence-electron chi connectivity index (χ2n) is 4.89. The average molecular weight is 291 g/mol. The monoisotopic (exact) mass is 291 g/mol. The Labute approximate surface area is 123 Å². The van der Waals surface area contributed by atoms with Crippen LogP contribution in [0.1, 0.15) is 36.1 Å². The largest absolute Gasteiger partial charge is 0.496 e. The highest BCUT2D eigenvalue weighted by atomic mass is 19.3. The van der Waals surface area contributed by atoms with E-state index in [1.165, 1.54) is 12.1 Å². The third-order valence-corrected chi connectivity index (χ3v) is 3.42. The molecular weight excluding hydrogens is 272 g/mol. The predicted octanol–water partition coefficient (Wildman–Crippen LogP) is 4.48.